The molecule has 0 bridgehead atoms. The van der Waals surface area contributed by atoms with Gasteiger partial charge in [0.25, 0.3) is 5.91 Å². The third-order valence-corrected chi connectivity index (χ3v) is 3.34. The van der Waals surface area contributed by atoms with E-state index < -0.39 is 5.91 Å². The van der Waals surface area contributed by atoms with Gasteiger partial charge in [0.05, 0.1) is 12.1 Å². The minimum absolute atomic E-state index is 0. The monoisotopic (exact) mass is 370 g/mol. The lowest BCUT2D eigenvalue weighted by atomic mass is 10.2. The van der Waals surface area contributed by atoms with Crippen molar-refractivity contribution in [3.8, 4) is 11.5 Å². The number of pyridine rings is 1. The quantitative estimate of drug-likeness (QED) is 0.616. The van der Waals surface area contributed by atoms with Crippen molar-refractivity contribution >= 4 is 17.5 Å². The Balaban J connectivity index is 0.00000288. The van der Waals surface area contributed by atoms with E-state index in [1.165, 1.54) is 7.11 Å². The van der Waals surface area contributed by atoms with E-state index in [2.05, 4.69) is 10.3 Å². The Morgan fingerprint density at radius 2 is 1.92 bits per heavy atom. The summed E-state index contributed by atoms with van der Waals surface area (Å²) in [6, 6.07) is 7.46. The highest BCUT2D eigenvalue weighted by Crippen LogP contribution is 2.36. The Morgan fingerprint density at radius 3 is 2.54 bits per heavy atom. The van der Waals surface area contributed by atoms with Gasteiger partial charge in [-0.05, 0) is 35.4 Å². The summed E-state index contributed by atoms with van der Waals surface area (Å²) >= 11 is 6.20. The summed E-state index contributed by atoms with van der Waals surface area (Å²) in [6.45, 7) is 1.06. The van der Waals surface area contributed by atoms with E-state index in [0.717, 1.165) is 11.1 Å². The first-order chi connectivity index (χ1) is 11.1. The number of methoxy groups -OCH3 is 1. The van der Waals surface area contributed by atoms with Gasteiger partial charge in [0.2, 0.25) is 0 Å². The summed E-state index contributed by atoms with van der Waals surface area (Å²) in [5, 5.41) is 3.68. The number of nitrogens with two attached hydrogens (primary N) is 1. The standard InChI is InChI=1S/C16H18ClN3O3.ClH/c1-22-14-7-12(6-13(17)16(14)23-10-15(18)21)9-20-8-11-2-4-19-5-3-11;/h2-7,20H,8-10H2,1H3,(H2,18,21);1H/p-1. The average Bonchev–Trinajstić information content (AvgIpc) is 2.54. The summed E-state index contributed by atoms with van der Waals surface area (Å²) in [5.74, 6) is 0.191. The zero-order valence-corrected chi connectivity index (χ0v) is 14.6. The van der Waals surface area contributed by atoms with Gasteiger partial charge in [-0.15, -0.1) is 0 Å². The molecule has 0 atom stereocenters. The maximum absolute atomic E-state index is 10.8. The molecule has 2 rings (SSSR count). The molecule has 2 aromatic rings. The van der Waals surface area contributed by atoms with E-state index in [0.29, 0.717) is 29.6 Å². The predicted octanol–water partition coefficient (Wildman–Crippen LogP) is -1.10. The molecule has 0 fully saturated rings. The number of ether oxygens (including phenoxy) is 2. The molecule has 8 heteroatoms. The number of nitrogens with one attached hydrogen (secondary N) is 1. The summed E-state index contributed by atoms with van der Waals surface area (Å²) < 4.78 is 10.6. The summed E-state index contributed by atoms with van der Waals surface area (Å²) in [6.07, 6.45) is 3.50. The number of halogens is 2. The van der Waals surface area contributed by atoms with Crippen LogP contribution < -0.4 is 32.9 Å². The molecule has 130 valence electrons. The van der Waals surface area contributed by atoms with Crippen LogP contribution in [0, 0.1) is 0 Å². The molecule has 1 heterocycles. The Bertz CT molecular complexity index is 669. The second kappa shape index (κ2) is 9.97. The molecule has 0 saturated carbocycles. The molecule has 0 aliphatic heterocycles. The van der Waals surface area contributed by atoms with E-state index in [1.54, 1.807) is 18.5 Å². The van der Waals surface area contributed by atoms with Crippen molar-refractivity contribution in [1.82, 2.24) is 10.3 Å². The van der Waals surface area contributed by atoms with Crippen molar-refractivity contribution in [3.05, 3.63) is 52.8 Å². The molecular weight excluding hydrogens is 353 g/mol. The van der Waals surface area contributed by atoms with Crippen LogP contribution in [0.25, 0.3) is 0 Å². The molecule has 0 unspecified atom stereocenters. The number of primary amides is 1. The first-order valence-corrected chi connectivity index (χ1v) is 7.35. The van der Waals surface area contributed by atoms with E-state index in [-0.39, 0.29) is 19.0 Å². The van der Waals surface area contributed by atoms with Crippen LogP contribution in [0.5, 0.6) is 11.5 Å². The highest BCUT2D eigenvalue weighted by atomic mass is 35.5. The van der Waals surface area contributed by atoms with Crippen molar-refractivity contribution in [2.45, 2.75) is 13.1 Å². The molecule has 24 heavy (non-hydrogen) atoms. The van der Waals surface area contributed by atoms with Crippen LogP contribution in [0.3, 0.4) is 0 Å². The lowest BCUT2D eigenvalue weighted by Gasteiger charge is -2.13. The fourth-order valence-corrected chi connectivity index (χ4v) is 2.30. The highest BCUT2D eigenvalue weighted by molar-refractivity contribution is 6.32. The van der Waals surface area contributed by atoms with Crippen LogP contribution in [0.2, 0.25) is 5.02 Å². The fourth-order valence-electron chi connectivity index (χ4n) is 2.01. The second-order valence-electron chi connectivity index (χ2n) is 4.82. The van der Waals surface area contributed by atoms with Gasteiger partial charge >= 0.3 is 0 Å². The number of hydrogen-bond acceptors (Lipinski definition) is 5. The molecule has 0 aliphatic carbocycles. The summed E-state index contributed by atoms with van der Waals surface area (Å²) in [7, 11) is 1.51. The molecule has 0 saturated heterocycles. The third-order valence-electron chi connectivity index (χ3n) is 3.06. The molecule has 1 amide bonds. The Kier molecular flexibility index (Phi) is 8.32. The molecule has 0 radical (unpaired) electrons. The van der Waals surface area contributed by atoms with Gasteiger partial charge in [0.1, 0.15) is 0 Å². The number of benzene rings is 1. The van der Waals surface area contributed by atoms with Gasteiger partial charge in [0.15, 0.2) is 18.1 Å². The molecule has 1 aromatic heterocycles. The number of hydrogen-bond donors (Lipinski definition) is 2. The largest absolute Gasteiger partial charge is 1.00 e. The maximum atomic E-state index is 10.8. The number of rotatable bonds is 8. The smallest absolute Gasteiger partial charge is 0.255 e. The van der Waals surface area contributed by atoms with Gasteiger partial charge in [-0.25, -0.2) is 0 Å². The van der Waals surface area contributed by atoms with E-state index in [1.807, 2.05) is 18.2 Å². The van der Waals surface area contributed by atoms with Gasteiger partial charge in [0, 0.05) is 25.5 Å². The van der Waals surface area contributed by atoms with Crippen LogP contribution >= 0.6 is 11.6 Å². The molecule has 3 N–H and O–H groups in total. The van der Waals surface area contributed by atoms with Crippen molar-refractivity contribution in [2.75, 3.05) is 13.7 Å². The predicted molar refractivity (Wildman–Crippen MR) is 87.5 cm³/mol. The van der Waals surface area contributed by atoms with Gasteiger partial charge in [-0.1, -0.05) is 11.6 Å². The van der Waals surface area contributed by atoms with Crippen molar-refractivity contribution in [2.24, 2.45) is 5.73 Å². The Labute approximate surface area is 151 Å². The van der Waals surface area contributed by atoms with Crippen molar-refractivity contribution in [1.29, 1.82) is 0 Å². The van der Waals surface area contributed by atoms with Crippen LogP contribution in [0.1, 0.15) is 11.1 Å². The second-order valence-corrected chi connectivity index (χ2v) is 5.23. The van der Waals surface area contributed by atoms with Crippen LogP contribution in [0.15, 0.2) is 36.7 Å². The Hall–Kier alpha value is -2.02. The number of nitrogens with zero attached hydrogens (tertiary/aromatic N) is 1. The number of amides is 1. The number of aromatic nitrogens is 1. The zero-order chi connectivity index (χ0) is 16.7. The van der Waals surface area contributed by atoms with Crippen molar-refractivity contribution < 1.29 is 26.7 Å². The van der Waals surface area contributed by atoms with Gasteiger partial charge < -0.3 is 32.9 Å². The first-order valence-electron chi connectivity index (χ1n) is 6.97. The lowest BCUT2D eigenvalue weighted by molar-refractivity contribution is -0.119. The van der Waals surface area contributed by atoms with Crippen LogP contribution in [0.4, 0.5) is 0 Å². The topological polar surface area (TPSA) is 86.5 Å². The maximum Gasteiger partial charge on any atom is 0.255 e. The van der Waals surface area contributed by atoms with E-state index >= 15 is 0 Å². The fraction of sp³-hybridized carbons (Fsp3) is 0.250. The third kappa shape index (κ3) is 5.88. The minimum Gasteiger partial charge on any atom is -1.00 e. The molecule has 0 aliphatic rings. The van der Waals surface area contributed by atoms with Crippen LogP contribution in [-0.2, 0) is 17.9 Å². The molecule has 6 nitrogen and oxygen atoms in total. The number of carbonyl (C=O) groups is 1. The van der Waals surface area contributed by atoms with E-state index in [4.69, 9.17) is 26.8 Å². The molecule has 1 aromatic carbocycles. The highest BCUT2D eigenvalue weighted by Gasteiger charge is 2.13. The summed E-state index contributed by atoms with van der Waals surface area (Å²) in [4.78, 5) is 14.8. The SMILES string of the molecule is COc1cc(CNCc2ccncc2)cc(Cl)c1OCC(N)=O.[Cl-]. The average molecular weight is 371 g/mol. The Morgan fingerprint density at radius 1 is 1.25 bits per heavy atom. The molecular formula is C16H18Cl2N3O3-. The van der Waals surface area contributed by atoms with Crippen molar-refractivity contribution in [3.63, 3.8) is 0 Å². The number of carbonyl (C=O) groups excluding carboxylic acids is 1. The van der Waals surface area contributed by atoms with Gasteiger partial charge in [-0.3, -0.25) is 9.78 Å². The first kappa shape index (κ1) is 20.0. The summed E-state index contributed by atoms with van der Waals surface area (Å²) in [5.41, 5.74) is 7.15. The zero-order valence-electron chi connectivity index (χ0n) is 13.1. The molecule has 0 spiro atoms. The normalized spacial score (nSPS) is 9.92. The lowest BCUT2D eigenvalue weighted by Crippen LogP contribution is -3.00. The van der Waals surface area contributed by atoms with E-state index in [9.17, 15) is 4.79 Å². The van der Waals surface area contributed by atoms with Gasteiger partial charge in [-0.2, -0.15) is 0 Å². The minimum atomic E-state index is -0.578. The van der Waals surface area contributed by atoms with Crippen LogP contribution in [-0.4, -0.2) is 24.6 Å².